The summed E-state index contributed by atoms with van der Waals surface area (Å²) in [4.78, 5) is 11.1. The van der Waals surface area contributed by atoms with Gasteiger partial charge >= 0.3 is 0 Å². The van der Waals surface area contributed by atoms with Gasteiger partial charge in [0.2, 0.25) is 0 Å². The molecule has 0 aliphatic rings. The lowest BCUT2D eigenvalue weighted by Crippen LogP contribution is -1.91. The van der Waals surface area contributed by atoms with Crippen LogP contribution in [0.5, 0.6) is 0 Å². The van der Waals surface area contributed by atoms with Crippen molar-refractivity contribution >= 4 is 16.9 Å². The first-order valence-corrected chi connectivity index (χ1v) is 4.47. The van der Waals surface area contributed by atoms with E-state index in [-0.39, 0.29) is 0 Å². The molecular formula is C10H8N4O. The van der Waals surface area contributed by atoms with Crippen LogP contribution in [0, 0.1) is 0 Å². The lowest BCUT2D eigenvalue weighted by atomic mass is 10.3. The number of H-pyrrole nitrogens is 1. The summed E-state index contributed by atoms with van der Waals surface area (Å²) in [5, 5.41) is 0. The number of furan rings is 1. The maximum atomic E-state index is 5.71. The molecule has 0 bridgehead atoms. The molecule has 0 atom stereocenters. The molecule has 0 spiro atoms. The highest BCUT2D eigenvalue weighted by Gasteiger charge is 2.08. The average Bonchev–Trinajstić information content (AvgIpc) is 2.86. The van der Waals surface area contributed by atoms with Crippen LogP contribution in [0.3, 0.4) is 0 Å². The number of aromatic nitrogens is 3. The van der Waals surface area contributed by atoms with Crippen molar-refractivity contribution in [2.24, 2.45) is 0 Å². The summed E-state index contributed by atoms with van der Waals surface area (Å²) in [5.41, 5.74) is 8.08. The van der Waals surface area contributed by atoms with E-state index >= 15 is 0 Å². The minimum absolute atomic E-state index is 0.442. The average molecular weight is 200 g/mol. The van der Waals surface area contributed by atoms with Gasteiger partial charge in [-0.3, -0.25) is 0 Å². The zero-order valence-electron chi connectivity index (χ0n) is 7.77. The molecule has 0 fully saturated rings. The topological polar surface area (TPSA) is 80.7 Å². The van der Waals surface area contributed by atoms with Gasteiger partial charge in [-0.1, -0.05) is 0 Å². The van der Waals surface area contributed by atoms with E-state index in [1.54, 1.807) is 6.26 Å². The van der Waals surface area contributed by atoms with Crippen LogP contribution < -0.4 is 5.73 Å². The standard InChI is InChI=1S/C10H8N4O/c11-10-9-7(12-5-13-10)4-6(14-9)8-2-1-3-15-8/h1-5,14H,(H2,11,12,13). The molecule has 0 unspecified atom stereocenters. The molecule has 15 heavy (non-hydrogen) atoms. The fraction of sp³-hybridized carbons (Fsp3) is 0. The van der Waals surface area contributed by atoms with Crippen LogP contribution in [0.15, 0.2) is 35.2 Å². The molecule has 0 saturated carbocycles. The Morgan fingerprint density at radius 3 is 3.00 bits per heavy atom. The monoisotopic (exact) mass is 200 g/mol. The molecule has 0 aliphatic carbocycles. The number of hydrogen-bond donors (Lipinski definition) is 2. The van der Waals surface area contributed by atoms with E-state index in [1.807, 2.05) is 18.2 Å². The highest BCUT2D eigenvalue weighted by molar-refractivity contribution is 5.88. The van der Waals surface area contributed by atoms with Crippen LogP contribution in [0.25, 0.3) is 22.5 Å². The second kappa shape index (κ2) is 2.84. The third-order valence-corrected chi connectivity index (χ3v) is 2.23. The van der Waals surface area contributed by atoms with Crippen LogP contribution >= 0.6 is 0 Å². The first-order valence-electron chi connectivity index (χ1n) is 4.47. The highest BCUT2D eigenvalue weighted by atomic mass is 16.3. The van der Waals surface area contributed by atoms with Crippen LogP contribution in [0.4, 0.5) is 5.82 Å². The van der Waals surface area contributed by atoms with Crippen molar-refractivity contribution in [1.29, 1.82) is 0 Å². The van der Waals surface area contributed by atoms with Gasteiger partial charge in [0, 0.05) is 0 Å². The number of rotatable bonds is 1. The molecule has 0 aromatic carbocycles. The van der Waals surface area contributed by atoms with Gasteiger partial charge in [-0.05, 0) is 18.2 Å². The van der Waals surface area contributed by atoms with Crippen LogP contribution in [-0.2, 0) is 0 Å². The molecule has 0 saturated heterocycles. The predicted molar refractivity (Wildman–Crippen MR) is 56.0 cm³/mol. The fourth-order valence-corrected chi connectivity index (χ4v) is 1.52. The molecule has 3 N–H and O–H groups in total. The maximum Gasteiger partial charge on any atom is 0.151 e. The number of nitrogens with zero attached hydrogens (tertiary/aromatic N) is 2. The molecule has 5 nitrogen and oxygen atoms in total. The van der Waals surface area contributed by atoms with Gasteiger partial charge in [0.05, 0.1) is 17.5 Å². The molecule has 74 valence electrons. The predicted octanol–water partition coefficient (Wildman–Crippen LogP) is 1.80. The molecular weight excluding hydrogens is 192 g/mol. The van der Waals surface area contributed by atoms with Gasteiger partial charge < -0.3 is 15.1 Å². The quantitative estimate of drug-likeness (QED) is 0.627. The zero-order valence-corrected chi connectivity index (χ0v) is 7.77. The van der Waals surface area contributed by atoms with E-state index < -0.39 is 0 Å². The van der Waals surface area contributed by atoms with Gasteiger partial charge in [0.1, 0.15) is 17.6 Å². The van der Waals surface area contributed by atoms with Crippen molar-refractivity contribution < 1.29 is 4.42 Å². The number of hydrogen-bond acceptors (Lipinski definition) is 4. The highest BCUT2D eigenvalue weighted by Crippen LogP contribution is 2.24. The smallest absolute Gasteiger partial charge is 0.151 e. The van der Waals surface area contributed by atoms with Crippen LogP contribution in [0.2, 0.25) is 0 Å². The summed E-state index contributed by atoms with van der Waals surface area (Å²) in [6.07, 6.45) is 3.06. The Balaban J connectivity index is 2.27. The molecule has 0 amide bonds. The number of nitrogens with one attached hydrogen (secondary N) is 1. The fourth-order valence-electron chi connectivity index (χ4n) is 1.52. The zero-order chi connectivity index (χ0) is 10.3. The normalized spacial score (nSPS) is 10.9. The number of anilines is 1. The van der Waals surface area contributed by atoms with Gasteiger partial charge in [-0.25, -0.2) is 9.97 Å². The summed E-state index contributed by atoms with van der Waals surface area (Å²) in [5.74, 6) is 1.20. The Labute approximate surface area is 85.0 Å². The van der Waals surface area contributed by atoms with Gasteiger partial charge in [-0.15, -0.1) is 0 Å². The van der Waals surface area contributed by atoms with Crippen molar-refractivity contribution in [3.05, 3.63) is 30.8 Å². The van der Waals surface area contributed by atoms with Crippen LogP contribution in [-0.4, -0.2) is 15.0 Å². The minimum atomic E-state index is 0.442. The van der Waals surface area contributed by atoms with Crippen molar-refractivity contribution in [2.75, 3.05) is 5.73 Å². The summed E-state index contributed by atoms with van der Waals surface area (Å²) in [6.45, 7) is 0. The van der Waals surface area contributed by atoms with Crippen molar-refractivity contribution in [3.8, 4) is 11.5 Å². The van der Waals surface area contributed by atoms with Gasteiger partial charge in [-0.2, -0.15) is 0 Å². The van der Waals surface area contributed by atoms with E-state index in [2.05, 4.69) is 15.0 Å². The maximum absolute atomic E-state index is 5.71. The third-order valence-electron chi connectivity index (χ3n) is 2.23. The number of fused-ring (bicyclic) bond motifs is 1. The molecule has 0 aliphatic heterocycles. The lowest BCUT2D eigenvalue weighted by Gasteiger charge is -1.91. The van der Waals surface area contributed by atoms with Crippen molar-refractivity contribution in [1.82, 2.24) is 15.0 Å². The molecule has 3 rings (SSSR count). The number of aromatic amines is 1. The van der Waals surface area contributed by atoms with Crippen LogP contribution in [0.1, 0.15) is 0 Å². The van der Waals surface area contributed by atoms with Gasteiger partial charge in [0.15, 0.2) is 5.82 Å². The van der Waals surface area contributed by atoms with E-state index in [1.165, 1.54) is 6.33 Å². The first kappa shape index (κ1) is 8.05. The number of nitrogens with two attached hydrogens (primary N) is 1. The Morgan fingerprint density at radius 2 is 2.27 bits per heavy atom. The van der Waals surface area contributed by atoms with Crippen molar-refractivity contribution in [3.63, 3.8) is 0 Å². The Hall–Kier alpha value is -2.30. The Morgan fingerprint density at radius 1 is 1.33 bits per heavy atom. The second-order valence-corrected chi connectivity index (χ2v) is 3.18. The molecule has 3 heterocycles. The molecule has 3 aromatic heterocycles. The number of nitrogen functional groups attached to an aromatic ring is 1. The van der Waals surface area contributed by atoms with E-state index in [0.29, 0.717) is 5.82 Å². The SMILES string of the molecule is Nc1ncnc2cc(-c3ccco3)[nH]c12. The summed E-state index contributed by atoms with van der Waals surface area (Å²) in [7, 11) is 0. The molecule has 0 radical (unpaired) electrons. The van der Waals surface area contributed by atoms with E-state index in [0.717, 1.165) is 22.5 Å². The molecule has 5 heteroatoms. The van der Waals surface area contributed by atoms with Gasteiger partial charge in [0.25, 0.3) is 0 Å². The molecule has 3 aromatic rings. The largest absolute Gasteiger partial charge is 0.463 e. The van der Waals surface area contributed by atoms with Crippen molar-refractivity contribution in [2.45, 2.75) is 0 Å². The second-order valence-electron chi connectivity index (χ2n) is 3.18. The Bertz CT molecular complexity index is 597. The third kappa shape index (κ3) is 1.17. The Kier molecular flexibility index (Phi) is 1.53. The minimum Gasteiger partial charge on any atom is -0.463 e. The lowest BCUT2D eigenvalue weighted by molar-refractivity contribution is 0.580. The summed E-state index contributed by atoms with van der Waals surface area (Å²) in [6, 6.07) is 5.58. The first-order chi connectivity index (χ1) is 7.34. The van der Waals surface area contributed by atoms with E-state index in [4.69, 9.17) is 10.2 Å². The summed E-state index contributed by atoms with van der Waals surface area (Å²) < 4.78 is 5.27. The summed E-state index contributed by atoms with van der Waals surface area (Å²) >= 11 is 0. The van der Waals surface area contributed by atoms with E-state index in [9.17, 15) is 0 Å².